The molecule has 0 aliphatic heterocycles. The maximum Gasteiger partial charge on any atom is 0.269 e. The van der Waals surface area contributed by atoms with Crippen LogP contribution in [0.15, 0.2) is 54.6 Å². The Morgan fingerprint density at radius 3 is 2.34 bits per heavy atom. The summed E-state index contributed by atoms with van der Waals surface area (Å²) in [6.45, 7) is 4.60. The predicted molar refractivity (Wildman–Crippen MR) is 109 cm³/mol. The summed E-state index contributed by atoms with van der Waals surface area (Å²) in [4.78, 5) is 22.8. The quantitative estimate of drug-likeness (QED) is 0.359. The van der Waals surface area contributed by atoms with Crippen molar-refractivity contribution in [2.24, 2.45) is 0 Å². The lowest BCUT2D eigenvalue weighted by Gasteiger charge is -2.10. The van der Waals surface area contributed by atoms with Crippen LogP contribution < -0.4 is 10.6 Å². The third-order valence-corrected chi connectivity index (χ3v) is 4.58. The number of aryl methyl sites for hydroxylation is 1. The average molecular weight is 396 g/mol. The number of nitro benzene ring substituents is 1. The van der Waals surface area contributed by atoms with Gasteiger partial charge in [-0.15, -0.1) is 0 Å². The normalized spacial score (nSPS) is 10.6. The maximum atomic E-state index is 13.2. The molecule has 0 saturated heterocycles. The summed E-state index contributed by atoms with van der Waals surface area (Å²) in [5, 5.41) is 16.6. The molecule has 0 aliphatic carbocycles. The van der Waals surface area contributed by atoms with Crippen molar-refractivity contribution in [3.63, 3.8) is 0 Å². The fourth-order valence-electron chi connectivity index (χ4n) is 3.16. The zero-order chi connectivity index (χ0) is 21.0. The van der Waals surface area contributed by atoms with Crippen molar-refractivity contribution in [2.45, 2.75) is 13.8 Å². The number of hydrogen-bond acceptors (Lipinski definition) is 4. The fourth-order valence-corrected chi connectivity index (χ4v) is 3.16. The van der Waals surface area contributed by atoms with Gasteiger partial charge >= 0.3 is 0 Å². The van der Waals surface area contributed by atoms with Gasteiger partial charge in [0.2, 0.25) is 0 Å². The van der Waals surface area contributed by atoms with E-state index in [-0.39, 0.29) is 17.4 Å². The molecule has 0 fully saturated rings. The monoisotopic (exact) mass is 396 g/mol. The van der Waals surface area contributed by atoms with Gasteiger partial charge in [-0.1, -0.05) is 0 Å². The van der Waals surface area contributed by atoms with Crippen molar-refractivity contribution < 1.29 is 14.1 Å². The lowest BCUT2D eigenvalue weighted by Crippen LogP contribution is -2.29. The number of carbonyl (C=O) groups is 1. The van der Waals surface area contributed by atoms with Crippen LogP contribution in [0.25, 0.3) is 5.69 Å². The second-order valence-corrected chi connectivity index (χ2v) is 6.58. The van der Waals surface area contributed by atoms with Gasteiger partial charge < -0.3 is 15.2 Å². The van der Waals surface area contributed by atoms with Gasteiger partial charge in [0.15, 0.2) is 0 Å². The Bertz CT molecular complexity index is 1030. The first-order valence-electron chi connectivity index (χ1n) is 9.08. The average Bonchev–Trinajstić information content (AvgIpc) is 3.00. The van der Waals surface area contributed by atoms with Crippen LogP contribution in [-0.2, 0) is 0 Å². The number of benzene rings is 2. The van der Waals surface area contributed by atoms with E-state index in [4.69, 9.17) is 0 Å². The lowest BCUT2D eigenvalue weighted by atomic mass is 10.2. The first-order chi connectivity index (χ1) is 13.9. The van der Waals surface area contributed by atoms with Crippen molar-refractivity contribution in [1.29, 1.82) is 0 Å². The van der Waals surface area contributed by atoms with Crippen LogP contribution in [0, 0.1) is 29.8 Å². The van der Waals surface area contributed by atoms with Crippen LogP contribution in [-0.4, -0.2) is 28.5 Å². The molecule has 0 radical (unpaired) electrons. The van der Waals surface area contributed by atoms with Gasteiger partial charge in [-0.25, -0.2) is 4.39 Å². The smallest absolute Gasteiger partial charge is 0.269 e. The molecule has 8 heteroatoms. The van der Waals surface area contributed by atoms with E-state index >= 15 is 0 Å². The molecule has 2 N–H and O–H groups in total. The van der Waals surface area contributed by atoms with Crippen molar-refractivity contribution in [1.82, 2.24) is 9.88 Å². The minimum atomic E-state index is -0.452. The summed E-state index contributed by atoms with van der Waals surface area (Å²) in [6, 6.07) is 14.0. The summed E-state index contributed by atoms with van der Waals surface area (Å²) in [7, 11) is 0. The summed E-state index contributed by atoms with van der Waals surface area (Å²) in [6.07, 6.45) is 0. The predicted octanol–water partition coefficient (Wildman–Crippen LogP) is 3.98. The van der Waals surface area contributed by atoms with Crippen LogP contribution in [0.4, 0.5) is 15.8 Å². The molecule has 0 aliphatic rings. The highest BCUT2D eigenvalue weighted by Gasteiger charge is 2.16. The number of halogens is 1. The number of aromatic nitrogens is 1. The van der Waals surface area contributed by atoms with Gasteiger partial charge in [0.1, 0.15) is 5.82 Å². The van der Waals surface area contributed by atoms with Gasteiger partial charge in [-0.2, -0.15) is 0 Å². The van der Waals surface area contributed by atoms with E-state index in [1.807, 2.05) is 18.4 Å². The molecule has 3 rings (SSSR count). The fraction of sp³-hybridized carbons (Fsp3) is 0.190. The SMILES string of the molecule is Cc1cc(C(=O)NCCNc2ccc([N+](=O)[O-])cc2)c(C)n1-c1ccc(F)cc1. The molecule has 29 heavy (non-hydrogen) atoms. The number of amides is 1. The lowest BCUT2D eigenvalue weighted by molar-refractivity contribution is -0.384. The molecule has 0 atom stereocenters. The second-order valence-electron chi connectivity index (χ2n) is 6.58. The summed E-state index contributed by atoms with van der Waals surface area (Å²) >= 11 is 0. The van der Waals surface area contributed by atoms with E-state index in [2.05, 4.69) is 10.6 Å². The Hall–Kier alpha value is -3.68. The van der Waals surface area contributed by atoms with Gasteiger partial charge in [-0.3, -0.25) is 14.9 Å². The van der Waals surface area contributed by atoms with E-state index in [1.54, 1.807) is 30.3 Å². The number of nitro groups is 1. The van der Waals surface area contributed by atoms with Gasteiger partial charge in [-0.05, 0) is 56.3 Å². The molecule has 3 aromatic rings. The molecule has 1 aromatic heterocycles. The number of non-ortho nitro benzene ring substituents is 1. The third-order valence-electron chi connectivity index (χ3n) is 4.58. The zero-order valence-electron chi connectivity index (χ0n) is 16.1. The molecular formula is C21H21FN4O3. The summed E-state index contributed by atoms with van der Waals surface area (Å²) < 4.78 is 15.1. The van der Waals surface area contributed by atoms with Crippen LogP contribution in [0.5, 0.6) is 0 Å². The molecular weight excluding hydrogens is 375 g/mol. The van der Waals surface area contributed by atoms with Gasteiger partial charge in [0.05, 0.1) is 10.5 Å². The molecule has 0 bridgehead atoms. The van der Waals surface area contributed by atoms with E-state index in [0.29, 0.717) is 18.7 Å². The Kier molecular flexibility index (Phi) is 5.92. The Labute approximate surface area is 167 Å². The van der Waals surface area contributed by atoms with Crippen molar-refractivity contribution >= 4 is 17.3 Å². The number of rotatable bonds is 7. The minimum absolute atomic E-state index is 0.0281. The van der Waals surface area contributed by atoms with Crippen LogP contribution in [0.2, 0.25) is 0 Å². The summed E-state index contributed by atoms with van der Waals surface area (Å²) in [5.41, 5.74) is 3.76. The number of anilines is 1. The molecule has 7 nitrogen and oxygen atoms in total. The first kappa shape index (κ1) is 20.1. The Morgan fingerprint density at radius 1 is 1.07 bits per heavy atom. The third kappa shape index (κ3) is 4.60. The molecule has 1 heterocycles. The molecule has 1 amide bonds. The van der Waals surface area contributed by atoms with Crippen molar-refractivity contribution in [3.05, 3.63) is 87.5 Å². The first-order valence-corrected chi connectivity index (χ1v) is 9.08. The van der Waals surface area contributed by atoms with Crippen molar-refractivity contribution in [3.8, 4) is 5.69 Å². The van der Waals surface area contributed by atoms with E-state index in [9.17, 15) is 19.3 Å². The molecule has 2 aromatic carbocycles. The maximum absolute atomic E-state index is 13.2. The Morgan fingerprint density at radius 2 is 1.72 bits per heavy atom. The van der Waals surface area contributed by atoms with Crippen LogP contribution >= 0.6 is 0 Å². The minimum Gasteiger partial charge on any atom is -0.383 e. The highest BCUT2D eigenvalue weighted by atomic mass is 19.1. The Balaban J connectivity index is 1.59. The molecule has 0 saturated carbocycles. The van der Waals surface area contributed by atoms with Crippen LogP contribution in [0.3, 0.4) is 0 Å². The number of nitrogens with zero attached hydrogens (tertiary/aromatic N) is 2. The molecule has 0 spiro atoms. The number of hydrogen-bond donors (Lipinski definition) is 2. The second kappa shape index (κ2) is 8.55. The number of carbonyl (C=O) groups excluding carboxylic acids is 1. The van der Waals surface area contributed by atoms with E-state index in [0.717, 1.165) is 22.8 Å². The van der Waals surface area contributed by atoms with Crippen molar-refractivity contribution in [2.75, 3.05) is 18.4 Å². The van der Waals surface area contributed by atoms with Gasteiger partial charge in [0.25, 0.3) is 11.6 Å². The van der Waals surface area contributed by atoms with E-state index in [1.165, 1.54) is 24.3 Å². The number of nitrogens with one attached hydrogen (secondary N) is 2. The molecule has 150 valence electrons. The van der Waals surface area contributed by atoms with Crippen LogP contribution in [0.1, 0.15) is 21.7 Å². The highest BCUT2D eigenvalue weighted by molar-refractivity contribution is 5.95. The molecule has 0 unspecified atom stereocenters. The topological polar surface area (TPSA) is 89.2 Å². The largest absolute Gasteiger partial charge is 0.383 e. The standard InChI is InChI=1S/C21H21FN4O3/c1-14-13-20(15(2)25(14)18-7-3-16(22)4-8-18)21(27)24-12-11-23-17-5-9-19(10-6-17)26(28)29/h3-10,13,23H,11-12H2,1-2H3,(H,24,27). The van der Waals surface area contributed by atoms with E-state index < -0.39 is 4.92 Å². The summed E-state index contributed by atoms with van der Waals surface area (Å²) in [5.74, 6) is -0.508. The van der Waals surface area contributed by atoms with Gasteiger partial charge in [0, 0.05) is 48.0 Å². The highest BCUT2D eigenvalue weighted by Crippen LogP contribution is 2.21. The zero-order valence-corrected chi connectivity index (χ0v) is 16.1.